The maximum atomic E-state index is 11.1. The predicted octanol–water partition coefficient (Wildman–Crippen LogP) is 0.637. The van der Waals surface area contributed by atoms with Crippen LogP contribution in [0.3, 0.4) is 0 Å². The smallest absolute Gasteiger partial charge is 0.282 e. The zero-order valence-corrected chi connectivity index (χ0v) is 7.11. The monoisotopic (exact) mass is 186 g/mol. The Bertz CT molecular complexity index is 532. The van der Waals surface area contributed by atoms with Gasteiger partial charge in [0, 0.05) is 18.0 Å². The molecular weight excluding hydrogens is 180 g/mol. The summed E-state index contributed by atoms with van der Waals surface area (Å²) in [6.07, 6.45) is 3.20. The maximum absolute atomic E-state index is 11.1. The third-order valence-electron chi connectivity index (χ3n) is 1.86. The van der Waals surface area contributed by atoms with E-state index in [0.29, 0.717) is 5.69 Å². The van der Waals surface area contributed by atoms with E-state index in [1.54, 1.807) is 24.5 Å². The Kier molecular flexibility index (Phi) is 1.88. The van der Waals surface area contributed by atoms with Crippen molar-refractivity contribution in [1.82, 2.24) is 15.2 Å². The number of nitrogens with zero attached hydrogens (tertiary/aromatic N) is 2. The number of rotatable bonds is 1. The van der Waals surface area contributed by atoms with E-state index in [-0.39, 0.29) is 5.56 Å². The van der Waals surface area contributed by atoms with Crippen LogP contribution >= 0.6 is 0 Å². The Morgan fingerprint density at radius 1 is 1.29 bits per heavy atom. The molecule has 2 aromatic heterocycles. The van der Waals surface area contributed by atoms with Crippen LogP contribution in [0.1, 0.15) is 5.56 Å². The Labute approximate surface area is 79.0 Å². The topological polar surface area (TPSA) is 85.3 Å². The molecule has 68 valence electrons. The SMILES string of the molecule is N#Cc1c(-c2ccncc2)[nH][nH]c1=O. The maximum Gasteiger partial charge on any atom is 0.282 e. The fraction of sp³-hybridized carbons (Fsp3) is 0. The van der Waals surface area contributed by atoms with Gasteiger partial charge >= 0.3 is 0 Å². The first-order valence-electron chi connectivity index (χ1n) is 3.94. The van der Waals surface area contributed by atoms with E-state index >= 15 is 0 Å². The fourth-order valence-corrected chi connectivity index (χ4v) is 1.20. The van der Waals surface area contributed by atoms with Gasteiger partial charge in [-0.05, 0) is 12.1 Å². The summed E-state index contributed by atoms with van der Waals surface area (Å²) in [6, 6.07) is 5.29. The molecule has 14 heavy (non-hydrogen) atoms. The second-order valence-corrected chi connectivity index (χ2v) is 2.68. The second kappa shape index (κ2) is 3.18. The third-order valence-corrected chi connectivity index (χ3v) is 1.86. The highest BCUT2D eigenvalue weighted by Crippen LogP contribution is 2.16. The Morgan fingerprint density at radius 2 is 2.00 bits per heavy atom. The molecule has 0 bridgehead atoms. The molecule has 2 heterocycles. The fourth-order valence-electron chi connectivity index (χ4n) is 1.20. The summed E-state index contributed by atoms with van der Waals surface area (Å²) in [5, 5.41) is 13.8. The molecule has 0 saturated carbocycles. The van der Waals surface area contributed by atoms with Crippen LogP contribution in [0.2, 0.25) is 0 Å². The third kappa shape index (κ3) is 1.19. The van der Waals surface area contributed by atoms with Crippen LogP contribution in [0.4, 0.5) is 0 Å². The molecule has 0 spiro atoms. The van der Waals surface area contributed by atoms with Gasteiger partial charge in [-0.1, -0.05) is 0 Å². The minimum absolute atomic E-state index is 0.0937. The molecule has 0 atom stereocenters. The van der Waals surface area contributed by atoms with E-state index < -0.39 is 5.56 Å². The van der Waals surface area contributed by atoms with Crippen LogP contribution in [-0.2, 0) is 0 Å². The zero-order valence-electron chi connectivity index (χ0n) is 7.11. The molecule has 0 radical (unpaired) electrons. The van der Waals surface area contributed by atoms with Crippen LogP contribution in [0.25, 0.3) is 11.3 Å². The number of H-pyrrole nitrogens is 2. The molecule has 2 N–H and O–H groups in total. The normalized spacial score (nSPS) is 9.64. The number of nitrogens with one attached hydrogen (secondary N) is 2. The van der Waals surface area contributed by atoms with Crippen molar-refractivity contribution < 1.29 is 0 Å². The Balaban J connectivity index is 2.65. The van der Waals surface area contributed by atoms with Gasteiger partial charge in [0.25, 0.3) is 5.56 Å². The lowest BCUT2D eigenvalue weighted by Gasteiger charge is -1.95. The summed E-state index contributed by atoms with van der Waals surface area (Å²) in [5.41, 5.74) is 0.949. The standard InChI is InChI=1S/C9H6N4O/c10-5-7-8(12-13-9(7)14)6-1-3-11-4-2-6/h1-4H,(H2,12,13,14). The van der Waals surface area contributed by atoms with Gasteiger partial charge in [-0.2, -0.15) is 5.26 Å². The van der Waals surface area contributed by atoms with Crippen LogP contribution in [-0.4, -0.2) is 15.2 Å². The minimum atomic E-state index is -0.403. The van der Waals surface area contributed by atoms with Crippen molar-refractivity contribution in [3.05, 3.63) is 40.4 Å². The lowest BCUT2D eigenvalue weighted by Crippen LogP contribution is -2.01. The molecule has 5 heteroatoms. The van der Waals surface area contributed by atoms with Gasteiger partial charge < -0.3 is 0 Å². The first kappa shape index (κ1) is 8.26. The molecule has 0 aliphatic heterocycles. The Morgan fingerprint density at radius 3 is 2.64 bits per heavy atom. The van der Waals surface area contributed by atoms with Gasteiger partial charge in [0.15, 0.2) is 0 Å². The highest BCUT2D eigenvalue weighted by molar-refractivity contribution is 5.65. The molecule has 2 rings (SSSR count). The molecule has 0 saturated heterocycles. The average molecular weight is 186 g/mol. The largest absolute Gasteiger partial charge is 0.296 e. The van der Waals surface area contributed by atoms with Crippen LogP contribution in [0.5, 0.6) is 0 Å². The van der Waals surface area contributed by atoms with Gasteiger partial charge in [0.1, 0.15) is 11.6 Å². The average Bonchev–Trinajstić information content (AvgIpc) is 2.61. The van der Waals surface area contributed by atoms with Gasteiger partial charge in [-0.25, -0.2) is 0 Å². The molecular formula is C9H6N4O. The number of aromatic nitrogens is 3. The summed E-state index contributed by atoms with van der Waals surface area (Å²) in [7, 11) is 0. The van der Waals surface area contributed by atoms with E-state index in [0.717, 1.165) is 5.56 Å². The summed E-state index contributed by atoms with van der Waals surface area (Å²) in [6.45, 7) is 0. The number of hydrogen-bond donors (Lipinski definition) is 2. The van der Waals surface area contributed by atoms with Crippen molar-refractivity contribution in [3.63, 3.8) is 0 Å². The second-order valence-electron chi connectivity index (χ2n) is 2.68. The molecule has 0 unspecified atom stereocenters. The van der Waals surface area contributed by atoms with Gasteiger partial charge in [-0.3, -0.25) is 20.0 Å². The quantitative estimate of drug-likeness (QED) is 0.685. The molecule has 0 amide bonds. The number of aromatic amines is 2. The summed E-state index contributed by atoms with van der Waals surface area (Å²) in [4.78, 5) is 15.0. The van der Waals surface area contributed by atoms with Crippen molar-refractivity contribution in [2.75, 3.05) is 0 Å². The lowest BCUT2D eigenvalue weighted by atomic mass is 10.1. The summed E-state index contributed by atoms with van der Waals surface area (Å²) in [5.74, 6) is 0. The van der Waals surface area contributed by atoms with E-state index in [1.165, 1.54) is 0 Å². The number of pyridine rings is 1. The zero-order chi connectivity index (χ0) is 9.97. The predicted molar refractivity (Wildman–Crippen MR) is 49.4 cm³/mol. The van der Waals surface area contributed by atoms with Crippen molar-refractivity contribution in [2.24, 2.45) is 0 Å². The van der Waals surface area contributed by atoms with Crippen LogP contribution in [0, 0.1) is 11.3 Å². The molecule has 0 fully saturated rings. The van der Waals surface area contributed by atoms with Crippen LogP contribution in [0.15, 0.2) is 29.3 Å². The highest BCUT2D eigenvalue weighted by atomic mass is 16.1. The first-order valence-corrected chi connectivity index (χ1v) is 3.94. The van der Waals surface area contributed by atoms with Gasteiger partial charge in [0.05, 0.1) is 5.69 Å². The van der Waals surface area contributed by atoms with Crippen molar-refractivity contribution in [1.29, 1.82) is 5.26 Å². The number of nitriles is 1. The van der Waals surface area contributed by atoms with Crippen molar-refractivity contribution >= 4 is 0 Å². The molecule has 0 aliphatic carbocycles. The Hall–Kier alpha value is -2.35. The lowest BCUT2D eigenvalue weighted by molar-refractivity contribution is 1.06. The summed E-state index contributed by atoms with van der Waals surface area (Å²) >= 11 is 0. The van der Waals surface area contributed by atoms with Gasteiger partial charge in [-0.15, -0.1) is 0 Å². The molecule has 2 aromatic rings. The summed E-state index contributed by atoms with van der Waals surface area (Å²) < 4.78 is 0. The van der Waals surface area contributed by atoms with E-state index in [1.807, 2.05) is 6.07 Å². The van der Waals surface area contributed by atoms with E-state index in [2.05, 4.69) is 15.2 Å². The first-order chi connectivity index (χ1) is 6.83. The molecule has 0 aliphatic rings. The van der Waals surface area contributed by atoms with Crippen LogP contribution < -0.4 is 5.56 Å². The number of hydrogen-bond acceptors (Lipinski definition) is 3. The van der Waals surface area contributed by atoms with Crippen molar-refractivity contribution in [2.45, 2.75) is 0 Å². The van der Waals surface area contributed by atoms with Gasteiger partial charge in [0.2, 0.25) is 0 Å². The molecule has 5 nitrogen and oxygen atoms in total. The van der Waals surface area contributed by atoms with E-state index in [4.69, 9.17) is 5.26 Å². The highest BCUT2D eigenvalue weighted by Gasteiger charge is 2.09. The van der Waals surface area contributed by atoms with Crippen molar-refractivity contribution in [3.8, 4) is 17.3 Å². The minimum Gasteiger partial charge on any atom is -0.296 e. The molecule has 0 aromatic carbocycles. The van der Waals surface area contributed by atoms with E-state index in [9.17, 15) is 4.79 Å².